The average molecular weight is 381 g/mol. The number of hydrogen-bond donors (Lipinski definition) is 0. The number of likely N-dealkylation sites (tertiary alicyclic amines) is 1. The van der Waals surface area contributed by atoms with Crippen molar-refractivity contribution in [1.29, 1.82) is 0 Å². The van der Waals surface area contributed by atoms with Gasteiger partial charge in [0.25, 0.3) is 0 Å². The van der Waals surface area contributed by atoms with Gasteiger partial charge in [-0.1, -0.05) is 6.07 Å². The van der Waals surface area contributed by atoms with Crippen molar-refractivity contribution in [1.82, 2.24) is 19.9 Å². The maximum Gasteiger partial charge on any atom is 0.228 e. The van der Waals surface area contributed by atoms with Gasteiger partial charge in [-0.3, -0.25) is 9.78 Å². The minimum absolute atomic E-state index is 0.114. The molecule has 7 heteroatoms. The SMILES string of the molecule is COc1ccnc(N2CCCC3(CCC(=O)N(CCc4ccccn4)C3)C2)n1. The van der Waals surface area contributed by atoms with Gasteiger partial charge in [0.15, 0.2) is 0 Å². The number of piperidine rings is 2. The molecule has 2 saturated heterocycles. The van der Waals surface area contributed by atoms with Gasteiger partial charge < -0.3 is 14.5 Å². The molecular weight excluding hydrogens is 354 g/mol. The lowest BCUT2D eigenvalue weighted by molar-refractivity contribution is -0.137. The summed E-state index contributed by atoms with van der Waals surface area (Å²) >= 11 is 0. The normalized spacial score (nSPS) is 22.5. The topological polar surface area (TPSA) is 71.5 Å². The predicted molar refractivity (Wildman–Crippen MR) is 106 cm³/mol. The second-order valence-corrected chi connectivity index (χ2v) is 7.81. The Hall–Kier alpha value is -2.70. The molecule has 0 bridgehead atoms. The van der Waals surface area contributed by atoms with Crippen molar-refractivity contribution >= 4 is 11.9 Å². The van der Waals surface area contributed by atoms with Gasteiger partial charge >= 0.3 is 0 Å². The van der Waals surface area contributed by atoms with Crippen LogP contribution in [0.15, 0.2) is 36.7 Å². The van der Waals surface area contributed by atoms with Crippen LogP contribution in [0.4, 0.5) is 5.95 Å². The molecule has 2 aromatic rings. The molecule has 0 saturated carbocycles. The number of carbonyl (C=O) groups is 1. The summed E-state index contributed by atoms with van der Waals surface area (Å²) < 4.78 is 5.25. The Labute approximate surface area is 165 Å². The fourth-order valence-corrected chi connectivity index (χ4v) is 4.41. The summed E-state index contributed by atoms with van der Waals surface area (Å²) in [6, 6.07) is 7.70. The number of pyridine rings is 1. The van der Waals surface area contributed by atoms with Gasteiger partial charge in [-0.25, -0.2) is 4.98 Å². The van der Waals surface area contributed by atoms with Crippen molar-refractivity contribution in [2.75, 3.05) is 38.2 Å². The molecule has 1 amide bonds. The van der Waals surface area contributed by atoms with E-state index in [-0.39, 0.29) is 11.3 Å². The Bertz CT molecular complexity index is 815. The van der Waals surface area contributed by atoms with Gasteiger partial charge in [-0.2, -0.15) is 4.98 Å². The lowest BCUT2D eigenvalue weighted by Crippen LogP contribution is -2.54. The number of anilines is 1. The quantitative estimate of drug-likeness (QED) is 0.792. The number of nitrogens with zero attached hydrogens (tertiary/aromatic N) is 5. The van der Waals surface area contributed by atoms with Crippen LogP contribution in [0.2, 0.25) is 0 Å². The molecule has 0 N–H and O–H groups in total. The maximum atomic E-state index is 12.5. The second-order valence-electron chi connectivity index (χ2n) is 7.81. The summed E-state index contributed by atoms with van der Waals surface area (Å²) in [6.45, 7) is 3.36. The van der Waals surface area contributed by atoms with Gasteiger partial charge in [0.2, 0.25) is 17.7 Å². The molecule has 2 aliphatic heterocycles. The third-order valence-electron chi connectivity index (χ3n) is 5.88. The minimum Gasteiger partial charge on any atom is -0.481 e. The molecule has 1 spiro atoms. The highest BCUT2D eigenvalue weighted by Gasteiger charge is 2.42. The monoisotopic (exact) mass is 381 g/mol. The third-order valence-corrected chi connectivity index (χ3v) is 5.88. The Kier molecular flexibility index (Phi) is 5.41. The molecule has 2 aliphatic rings. The smallest absolute Gasteiger partial charge is 0.228 e. The zero-order valence-electron chi connectivity index (χ0n) is 16.4. The van der Waals surface area contributed by atoms with E-state index in [4.69, 9.17) is 4.74 Å². The first-order valence-corrected chi connectivity index (χ1v) is 9.97. The molecule has 2 fully saturated rings. The van der Waals surface area contributed by atoms with E-state index >= 15 is 0 Å². The largest absolute Gasteiger partial charge is 0.481 e. The molecule has 28 heavy (non-hydrogen) atoms. The number of amides is 1. The van der Waals surface area contributed by atoms with Crippen LogP contribution in [-0.4, -0.2) is 59.0 Å². The number of hydrogen-bond acceptors (Lipinski definition) is 6. The van der Waals surface area contributed by atoms with E-state index in [9.17, 15) is 4.79 Å². The first-order valence-electron chi connectivity index (χ1n) is 9.97. The average Bonchev–Trinajstić information content (AvgIpc) is 2.75. The number of methoxy groups -OCH3 is 1. The van der Waals surface area contributed by atoms with Crippen LogP contribution in [0.25, 0.3) is 0 Å². The Morgan fingerprint density at radius 3 is 2.89 bits per heavy atom. The lowest BCUT2D eigenvalue weighted by atomic mass is 9.73. The molecule has 0 radical (unpaired) electrons. The molecule has 7 nitrogen and oxygen atoms in total. The van der Waals surface area contributed by atoms with Crippen molar-refractivity contribution in [3.63, 3.8) is 0 Å². The van der Waals surface area contributed by atoms with Crippen LogP contribution in [-0.2, 0) is 11.2 Å². The van der Waals surface area contributed by atoms with Crippen molar-refractivity contribution in [3.05, 3.63) is 42.4 Å². The molecule has 148 valence electrons. The zero-order valence-corrected chi connectivity index (χ0v) is 16.4. The predicted octanol–water partition coefficient (Wildman–Crippen LogP) is 2.33. The molecule has 4 heterocycles. The van der Waals surface area contributed by atoms with Crippen molar-refractivity contribution < 1.29 is 9.53 Å². The highest BCUT2D eigenvalue weighted by molar-refractivity contribution is 5.77. The molecule has 0 aliphatic carbocycles. The fraction of sp³-hybridized carbons (Fsp3) is 0.524. The van der Waals surface area contributed by atoms with Crippen molar-refractivity contribution in [2.45, 2.75) is 32.1 Å². The summed E-state index contributed by atoms with van der Waals surface area (Å²) in [5.41, 5.74) is 1.15. The molecule has 1 atom stereocenters. The van der Waals surface area contributed by atoms with E-state index in [0.717, 1.165) is 63.5 Å². The zero-order chi connectivity index (χ0) is 19.4. The number of ether oxygens (including phenoxy) is 1. The molecular formula is C21H27N5O2. The van der Waals surface area contributed by atoms with Crippen LogP contribution >= 0.6 is 0 Å². The highest BCUT2D eigenvalue weighted by Crippen LogP contribution is 2.39. The van der Waals surface area contributed by atoms with E-state index in [1.54, 1.807) is 19.4 Å². The highest BCUT2D eigenvalue weighted by atomic mass is 16.5. The number of rotatable bonds is 5. The maximum absolute atomic E-state index is 12.5. The number of aromatic nitrogens is 3. The molecule has 1 unspecified atom stereocenters. The summed E-state index contributed by atoms with van der Waals surface area (Å²) in [4.78, 5) is 30.1. The third kappa shape index (κ3) is 4.08. The second kappa shape index (κ2) is 8.12. The standard InChI is InChI=1S/C21H27N5O2/c1-28-18-7-12-23-20(24-18)26-13-4-9-21(16-26)10-6-19(27)25(15-21)14-8-17-5-2-3-11-22-17/h2-3,5,7,11-12H,4,6,8-10,13-16H2,1H3. The van der Waals surface area contributed by atoms with Crippen LogP contribution in [0.3, 0.4) is 0 Å². The van der Waals surface area contributed by atoms with E-state index in [1.807, 2.05) is 29.3 Å². The van der Waals surface area contributed by atoms with Gasteiger partial charge in [0, 0.05) is 68.6 Å². The van der Waals surface area contributed by atoms with Gasteiger partial charge in [-0.05, 0) is 31.4 Å². The lowest BCUT2D eigenvalue weighted by Gasteiger charge is -2.48. The first-order chi connectivity index (χ1) is 13.7. The Balaban J connectivity index is 1.44. The van der Waals surface area contributed by atoms with E-state index in [1.165, 1.54) is 0 Å². The summed E-state index contributed by atoms with van der Waals surface area (Å²) in [5, 5.41) is 0. The van der Waals surface area contributed by atoms with E-state index < -0.39 is 0 Å². The fourth-order valence-electron chi connectivity index (χ4n) is 4.41. The Morgan fingerprint density at radius 2 is 2.07 bits per heavy atom. The molecule has 4 rings (SSSR count). The summed E-state index contributed by atoms with van der Waals surface area (Å²) in [7, 11) is 1.62. The Morgan fingerprint density at radius 1 is 1.14 bits per heavy atom. The van der Waals surface area contributed by atoms with Gasteiger partial charge in [0.1, 0.15) is 0 Å². The van der Waals surface area contributed by atoms with Gasteiger partial charge in [0.05, 0.1) is 7.11 Å². The van der Waals surface area contributed by atoms with Crippen LogP contribution in [0.1, 0.15) is 31.4 Å². The van der Waals surface area contributed by atoms with E-state index in [2.05, 4.69) is 19.9 Å². The molecule has 2 aromatic heterocycles. The molecule has 0 aromatic carbocycles. The van der Waals surface area contributed by atoms with Crippen molar-refractivity contribution in [3.8, 4) is 5.88 Å². The van der Waals surface area contributed by atoms with Gasteiger partial charge in [-0.15, -0.1) is 0 Å². The van der Waals surface area contributed by atoms with Crippen LogP contribution in [0, 0.1) is 5.41 Å². The minimum atomic E-state index is 0.114. The summed E-state index contributed by atoms with van der Waals surface area (Å²) in [6.07, 6.45) is 8.13. The van der Waals surface area contributed by atoms with Crippen LogP contribution < -0.4 is 9.64 Å². The number of carbonyl (C=O) groups excluding carboxylic acids is 1. The van der Waals surface area contributed by atoms with Crippen molar-refractivity contribution in [2.24, 2.45) is 5.41 Å². The first kappa shape index (κ1) is 18.7. The van der Waals surface area contributed by atoms with Crippen LogP contribution in [0.5, 0.6) is 5.88 Å². The van der Waals surface area contributed by atoms with E-state index in [0.29, 0.717) is 12.3 Å². The summed E-state index contributed by atoms with van der Waals surface area (Å²) in [5.74, 6) is 1.56.